The molecule has 0 radical (unpaired) electrons. The molecule has 144 valence electrons. The van der Waals surface area contributed by atoms with Gasteiger partial charge in [-0.2, -0.15) is 0 Å². The molecule has 1 aromatic carbocycles. The fourth-order valence-electron chi connectivity index (χ4n) is 7.21. The molecule has 4 bridgehead atoms. The molecule has 2 unspecified atom stereocenters. The predicted molar refractivity (Wildman–Crippen MR) is 115 cm³/mol. The van der Waals surface area contributed by atoms with Crippen LogP contribution in [0.4, 0.5) is 0 Å². The maximum absolute atomic E-state index is 7.03. The maximum Gasteiger partial charge on any atom is 0.364 e. The van der Waals surface area contributed by atoms with Gasteiger partial charge >= 0.3 is 6.92 Å². The van der Waals surface area contributed by atoms with Gasteiger partial charge in [0.15, 0.2) is 0 Å². The molecule has 2 heteroatoms. The predicted octanol–water partition coefficient (Wildman–Crippen LogP) is 7.22. The highest BCUT2D eigenvalue weighted by Crippen LogP contribution is 2.57. The summed E-state index contributed by atoms with van der Waals surface area (Å²) < 4.78 is 7.03. The largest absolute Gasteiger partial charge is 0.560 e. The van der Waals surface area contributed by atoms with Crippen molar-refractivity contribution in [2.75, 3.05) is 0 Å². The fourth-order valence-corrected chi connectivity index (χ4v) is 7.21. The maximum atomic E-state index is 7.03. The zero-order valence-electron chi connectivity index (χ0n) is 17.0. The number of hydrogen-bond acceptors (Lipinski definition) is 1. The molecule has 0 N–H and O–H groups in total. The third-order valence-electron chi connectivity index (χ3n) is 8.63. The summed E-state index contributed by atoms with van der Waals surface area (Å²) in [4.78, 5) is 0. The van der Waals surface area contributed by atoms with E-state index in [2.05, 4.69) is 43.3 Å². The molecular weight excluding hydrogens is 327 g/mol. The lowest BCUT2D eigenvalue weighted by molar-refractivity contribution is 0.140. The van der Waals surface area contributed by atoms with E-state index >= 15 is 0 Å². The number of fused-ring (bicyclic) bond motifs is 6. The Morgan fingerprint density at radius 2 is 1.33 bits per heavy atom. The van der Waals surface area contributed by atoms with Gasteiger partial charge in [0, 0.05) is 5.56 Å². The molecule has 0 saturated heterocycles. The zero-order chi connectivity index (χ0) is 18.2. The summed E-state index contributed by atoms with van der Waals surface area (Å²) in [5.41, 5.74) is 1.26. The van der Waals surface area contributed by atoms with E-state index in [4.69, 9.17) is 4.65 Å². The van der Waals surface area contributed by atoms with Crippen LogP contribution in [0.15, 0.2) is 36.4 Å². The summed E-state index contributed by atoms with van der Waals surface area (Å²) in [6.07, 6.45) is 16.9. The van der Waals surface area contributed by atoms with Crippen molar-refractivity contribution >= 4 is 12.7 Å². The van der Waals surface area contributed by atoms with E-state index in [1.165, 1.54) is 69.8 Å². The second kappa shape index (κ2) is 7.68. The van der Waals surface area contributed by atoms with Crippen molar-refractivity contribution in [3.63, 3.8) is 0 Å². The van der Waals surface area contributed by atoms with Gasteiger partial charge in [-0.15, -0.1) is 0 Å². The van der Waals surface area contributed by atoms with Crippen molar-refractivity contribution in [1.29, 1.82) is 0 Å². The second-order valence-electron chi connectivity index (χ2n) is 9.96. The number of allylic oxidation sites excluding steroid dienone is 1. The van der Waals surface area contributed by atoms with Gasteiger partial charge in [0.2, 0.25) is 0 Å². The van der Waals surface area contributed by atoms with Gasteiger partial charge in [-0.3, -0.25) is 0 Å². The third kappa shape index (κ3) is 3.50. The molecule has 27 heavy (non-hydrogen) atoms. The summed E-state index contributed by atoms with van der Waals surface area (Å²) >= 11 is 0. The van der Waals surface area contributed by atoms with Crippen LogP contribution in [0.3, 0.4) is 0 Å². The highest BCUT2D eigenvalue weighted by molar-refractivity contribution is 6.56. The molecule has 6 aliphatic carbocycles. The van der Waals surface area contributed by atoms with Gasteiger partial charge in [0.25, 0.3) is 0 Å². The molecule has 6 fully saturated rings. The summed E-state index contributed by atoms with van der Waals surface area (Å²) in [6, 6.07) is 10.8. The first-order valence-electron chi connectivity index (χ1n) is 11.7. The van der Waals surface area contributed by atoms with Gasteiger partial charge in [-0.25, -0.2) is 0 Å². The Morgan fingerprint density at radius 1 is 0.815 bits per heavy atom. The van der Waals surface area contributed by atoms with Gasteiger partial charge in [-0.1, -0.05) is 94.5 Å². The van der Waals surface area contributed by atoms with E-state index in [1.54, 1.807) is 0 Å². The van der Waals surface area contributed by atoms with E-state index < -0.39 is 0 Å². The molecule has 0 aliphatic heterocycles. The standard InChI is InChI=1S/C25H35BO/c1-2-25(22-6-4-3-5-7-22)27-26(23-16-18-8-12-20(23)13-9-18)24-17-19-10-14-21(24)15-11-19/h2-7,18-21,23-24H,8-17H2,1H3/b25-2+. The minimum atomic E-state index is 0.456. The quantitative estimate of drug-likeness (QED) is 0.397. The zero-order valence-corrected chi connectivity index (χ0v) is 17.0. The summed E-state index contributed by atoms with van der Waals surface area (Å²) in [6.45, 7) is 2.61. The van der Waals surface area contributed by atoms with Crippen molar-refractivity contribution in [3.05, 3.63) is 42.0 Å². The van der Waals surface area contributed by atoms with Crippen LogP contribution in [0.2, 0.25) is 11.6 Å². The molecule has 7 rings (SSSR count). The van der Waals surface area contributed by atoms with Crippen LogP contribution < -0.4 is 0 Å². The van der Waals surface area contributed by atoms with Crippen molar-refractivity contribution in [2.24, 2.45) is 23.7 Å². The molecule has 2 atom stereocenters. The van der Waals surface area contributed by atoms with Crippen LogP contribution in [0.1, 0.15) is 76.7 Å². The highest BCUT2D eigenvalue weighted by Gasteiger charge is 2.51. The van der Waals surface area contributed by atoms with Crippen LogP contribution in [0.5, 0.6) is 0 Å². The minimum Gasteiger partial charge on any atom is -0.560 e. The molecule has 0 aromatic heterocycles. The summed E-state index contributed by atoms with van der Waals surface area (Å²) in [5.74, 6) is 6.56. The SMILES string of the molecule is C/C=C(/OB(C1CC2CCC1CC2)C1CC2CCC1CC2)c1ccccc1. The van der Waals surface area contributed by atoms with Gasteiger partial charge in [0.1, 0.15) is 5.76 Å². The first kappa shape index (κ1) is 17.9. The Kier molecular flexibility index (Phi) is 5.09. The smallest absolute Gasteiger partial charge is 0.364 e. The molecule has 1 aromatic rings. The molecule has 6 aliphatic rings. The second-order valence-corrected chi connectivity index (χ2v) is 9.96. The van der Waals surface area contributed by atoms with E-state index in [0.717, 1.165) is 41.1 Å². The Balaban J connectivity index is 1.43. The van der Waals surface area contributed by atoms with Gasteiger partial charge < -0.3 is 4.65 Å². The highest BCUT2D eigenvalue weighted by atomic mass is 16.4. The normalized spacial score (nSPS) is 38.0. The fraction of sp³-hybridized carbons (Fsp3) is 0.680. The van der Waals surface area contributed by atoms with Crippen molar-refractivity contribution in [1.82, 2.24) is 0 Å². The van der Waals surface area contributed by atoms with Crippen molar-refractivity contribution in [3.8, 4) is 0 Å². The average molecular weight is 362 g/mol. The number of hydrogen-bond donors (Lipinski definition) is 0. The van der Waals surface area contributed by atoms with Crippen LogP contribution >= 0.6 is 0 Å². The first-order chi connectivity index (χ1) is 13.3. The lowest BCUT2D eigenvalue weighted by atomic mass is 9.34. The summed E-state index contributed by atoms with van der Waals surface area (Å²) in [5, 5.41) is 0. The Hall–Kier alpha value is -1.18. The molecule has 6 saturated carbocycles. The number of rotatable bonds is 5. The van der Waals surface area contributed by atoms with Crippen LogP contribution in [0, 0.1) is 23.7 Å². The van der Waals surface area contributed by atoms with Gasteiger partial charge in [-0.05, 0) is 48.3 Å². The van der Waals surface area contributed by atoms with Gasteiger partial charge in [0.05, 0.1) is 0 Å². The Labute approximate surface area is 166 Å². The summed E-state index contributed by atoms with van der Waals surface area (Å²) in [7, 11) is 0. The van der Waals surface area contributed by atoms with E-state index in [-0.39, 0.29) is 0 Å². The Bertz CT molecular complexity index is 622. The van der Waals surface area contributed by atoms with E-state index in [9.17, 15) is 0 Å². The van der Waals surface area contributed by atoms with Crippen LogP contribution in [-0.2, 0) is 4.65 Å². The molecule has 0 amide bonds. The van der Waals surface area contributed by atoms with Crippen molar-refractivity contribution < 1.29 is 4.65 Å². The molecule has 0 heterocycles. The third-order valence-corrected chi connectivity index (χ3v) is 8.63. The first-order valence-corrected chi connectivity index (χ1v) is 11.7. The molecule has 1 nitrogen and oxygen atoms in total. The Morgan fingerprint density at radius 3 is 1.74 bits per heavy atom. The number of benzene rings is 1. The monoisotopic (exact) mass is 362 g/mol. The molecular formula is C25H35BO. The minimum absolute atomic E-state index is 0.456. The molecule has 0 spiro atoms. The van der Waals surface area contributed by atoms with Crippen molar-refractivity contribution in [2.45, 2.75) is 82.8 Å². The van der Waals surface area contributed by atoms with Crippen LogP contribution in [-0.4, -0.2) is 6.92 Å². The van der Waals surface area contributed by atoms with E-state index in [1.807, 2.05) is 0 Å². The van der Waals surface area contributed by atoms with E-state index in [0.29, 0.717) is 6.92 Å². The lowest BCUT2D eigenvalue weighted by Crippen LogP contribution is -2.45. The van der Waals surface area contributed by atoms with Crippen LogP contribution in [0.25, 0.3) is 5.76 Å². The average Bonchev–Trinajstić information content (AvgIpc) is 2.77. The lowest BCUT2D eigenvalue weighted by Gasteiger charge is -2.50. The topological polar surface area (TPSA) is 9.23 Å².